The van der Waals surface area contributed by atoms with Gasteiger partial charge in [0, 0.05) is 12.4 Å². The van der Waals surface area contributed by atoms with Crippen LogP contribution in [0.3, 0.4) is 0 Å². The molecule has 2 heterocycles. The van der Waals surface area contributed by atoms with Crippen molar-refractivity contribution in [2.75, 3.05) is 0 Å². The monoisotopic (exact) mass is 166 g/mol. The molecule has 56 valence electrons. The molecular formula is C8H7ClN2. The second-order valence-electron chi connectivity index (χ2n) is 2.42. The number of rotatable bonds is 0. The number of hydrogen-bond acceptors (Lipinski definition) is 1. The summed E-state index contributed by atoms with van der Waals surface area (Å²) in [6.07, 6.45) is 3.60. The third kappa shape index (κ3) is 0.906. The number of hydrogen-bond donors (Lipinski definition) is 0. The standard InChI is InChI=1S/C8H7ClN2/c1-6-7-2-3-8(9)11(7)5-4-10-6/h2-5H,1H3. The first-order valence-electron chi connectivity index (χ1n) is 3.37. The van der Waals surface area contributed by atoms with Crippen LogP contribution >= 0.6 is 11.6 Å². The zero-order valence-corrected chi connectivity index (χ0v) is 6.84. The topological polar surface area (TPSA) is 17.3 Å². The molecular weight excluding hydrogens is 160 g/mol. The minimum Gasteiger partial charge on any atom is -0.304 e. The Balaban J connectivity index is 2.94. The number of halogens is 1. The summed E-state index contributed by atoms with van der Waals surface area (Å²) in [5.74, 6) is 0. The van der Waals surface area contributed by atoms with Crippen LogP contribution in [0.5, 0.6) is 0 Å². The Kier molecular flexibility index (Phi) is 1.36. The van der Waals surface area contributed by atoms with Crippen molar-refractivity contribution in [3.63, 3.8) is 0 Å². The molecule has 0 saturated heterocycles. The van der Waals surface area contributed by atoms with Crippen molar-refractivity contribution in [1.29, 1.82) is 0 Å². The van der Waals surface area contributed by atoms with E-state index in [2.05, 4.69) is 4.98 Å². The van der Waals surface area contributed by atoms with Crippen LogP contribution in [-0.4, -0.2) is 9.38 Å². The lowest BCUT2D eigenvalue weighted by molar-refractivity contribution is 1.09. The van der Waals surface area contributed by atoms with Crippen LogP contribution in [0.15, 0.2) is 24.5 Å². The highest BCUT2D eigenvalue weighted by atomic mass is 35.5. The molecule has 0 atom stereocenters. The number of fused-ring (bicyclic) bond motifs is 1. The predicted octanol–water partition coefficient (Wildman–Crippen LogP) is 2.30. The predicted molar refractivity (Wildman–Crippen MR) is 44.9 cm³/mol. The normalized spacial score (nSPS) is 10.7. The molecule has 2 nitrogen and oxygen atoms in total. The van der Waals surface area contributed by atoms with E-state index in [-0.39, 0.29) is 0 Å². The van der Waals surface area contributed by atoms with Gasteiger partial charge in [-0.25, -0.2) is 0 Å². The van der Waals surface area contributed by atoms with Crippen molar-refractivity contribution >= 4 is 17.1 Å². The van der Waals surface area contributed by atoms with Gasteiger partial charge in [-0.2, -0.15) is 0 Å². The summed E-state index contributed by atoms with van der Waals surface area (Å²) in [6.45, 7) is 1.96. The second-order valence-corrected chi connectivity index (χ2v) is 2.81. The molecule has 0 unspecified atom stereocenters. The molecule has 0 aromatic carbocycles. The van der Waals surface area contributed by atoms with E-state index in [1.54, 1.807) is 6.20 Å². The lowest BCUT2D eigenvalue weighted by atomic mass is 10.4. The summed E-state index contributed by atoms with van der Waals surface area (Å²) in [4.78, 5) is 4.14. The van der Waals surface area contributed by atoms with E-state index in [0.29, 0.717) is 0 Å². The van der Waals surface area contributed by atoms with Crippen LogP contribution in [0.25, 0.3) is 5.52 Å². The Morgan fingerprint density at radius 2 is 2.27 bits per heavy atom. The average molecular weight is 167 g/mol. The molecule has 0 amide bonds. The first-order valence-corrected chi connectivity index (χ1v) is 3.75. The van der Waals surface area contributed by atoms with E-state index in [4.69, 9.17) is 11.6 Å². The lowest BCUT2D eigenvalue weighted by Gasteiger charge is -1.97. The van der Waals surface area contributed by atoms with Crippen LogP contribution in [0, 0.1) is 6.92 Å². The number of aryl methyl sites for hydroxylation is 1. The Morgan fingerprint density at radius 3 is 3.00 bits per heavy atom. The number of nitrogens with zero attached hydrogens (tertiary/aromatic N) is 2. The summed E-state index contributed by atoms with van der Waals surface area (Å²) in [7, 11) is 0. The molecule has 0 aliphatic carbocycles. The maximum atomic E-state index is 5.88. The Labute approximate surface area is 69.4 Å². The molecule has 0 N–H and O–H groups in total. The SMILES string of the molecule is Cc1nccn2c(Cl)ccc12. The first-order chi connectivity index (χ1) is 5.29. The van der Waals surface area contributed by atoms with Crippen LogP contribution < -0.4 is 0 Å². The van der Waals surface area contributed by atoms with Crippen LogP contribution in [0.1, 0.15) is 5.69 Å². The van der Waals surface area contributed by atoms with Gasteiger partial charge >= 0.3 is 0 Å². The Bertz CT molecular complexity index is 392. The molecule has 0 fully saturated rings. The fourth-order valence-electron chi connectivity index (χ4n) is 1.15. The van der Waals surface area contributed by atoms with E-state index in [9.17, 15) is 0 Å². The molecule has 0 radical (unpaired) electrons. The highest BCUT2D eigenvalue weighted by Crippen LogP contribution is 2.15. The van der Waals surface area contributed by atoms with Gasteiger partial charge in [-0.3, -0.25) is 4.98 Å². The van der Waals surface area contributed by atoms with Gasteiger partial charge in [0.25, 0.3) is 0 Å². The zero-order chi connectivity index (χ0) is 7.84. The quantitative estimate of drug-likeness (QED) is 0.587. The van der Waals surface area contributed by atoms with Crippen LogP contribution in [0.2, 0.25) is 5.15 Å². The molecule has 0 aliphatic rings. The fourth-order valence-corrected chi connectivity index (χ4v) is 1.36. The third-order valence-electron chi connectivity index (χ3n) is 1.72. The summed E-state index contributed by atoms with van der Waals surface area (Å²) in [5, 5.41) is 0.727. The van der Waals surface area contributed by atoms with E-state index >= 15 is 0 Å². The molecule has 2 aromatic heterocycles. The number of aromatic nitrogens is 2. The maximum Gasteiger partial charge on any atom is 0.113 e. The summed E-state index contributed by atoms with van der Waals surface area (Å²) in [5.41, 5.74) is 2.07. The zero-order valence-electron chi connectivity index (χ0n) is 6.08. The average Bonchev–Trinajstić information content (AvgIpc) is 2.35. The molecule has 0 bridgehead atoms. The van der Waals surface area contributed by atoms with E-state index in [0.717, 1.165) is 16.4 Å². The highest BCUT2D eigenvalue weighted by Gasteiger charge is 1.99. The van der Waals surface area contributed by atoms with Crippen molar-refractivity contribution in [3.05, 3.63) is 35.4 Å². The van der Waals surface area contributed by atoms with Gasteiger partial charge in [-0.1, -0.05) is 11.6 Å². The van der Waals surface area contributed by atoms with Crippen LogP contribution in [-0.2, 0) is 0 Å². The summed E-state index contributed by atoms with van der Waals surface area (Å²) < 4.78 is 1.91. The van der Waals surface area contributed by atoms with Crippen molar-refractivity contribution in [2.45, 2.75) is 6.92 Å². The molecule has 0 aliphatic heterocycles. The van der Waals surface area contributed by atoms with Gasteiger partial charge in [-0.05, 0) is 19.1 Å². The molecule has 0 saturated carbocycles. The van der Waals surface area contributed by atoms with Crippen molar-refractivity contribution in [2.24, 2.45) is 0 Å². The molecule has 0 spiro atoms. The molecule has 11 heavy (non-hydrogen) atoms. The van der Waals surface area contributed by atoms with E-state index in [1.165, 1.54) is 0 Å². The highest BCUT2D eigenvalue weighted by molar-refractivity contribution is 6.30. The third-order valence-corrected chi connectivity index (χ3v) is 2.03. The minimum absolute atomic E-state index is 0.727. The van der Waals surface area contributed by atoms with Gasteiger partial charge in [0.1, 0.15) is 5.15 Å². The Hall–Kier alpha value is -1.02. The van der Waals surface area contributed by atoms with Crippen LogP contribution in [0.4, 0.5) is 0 Å². The largest absolute Gasteiger partial charge is 0.304 e. The maximum absolute atomic E-state index is 5.88. The van der Waals surface area contributed by atoms with Crippen molar-refractivity contribution < 1.29 is 0 Å². The lowest BCUT2D eigenvalue weighted by Crippen LogP contribution is -1.88. The molecule has 2 aromatic rings. The fraction of sp³-hybridized carbons (Fsp3) is 0.125. The van der Waals surface area contributed by atoms with Crippen molar-refractivity contribution in [1.82, 2.24) is 9.38 Å². The smallest absolute Gasteiger partial charge is 0.113 e. The second kappa shape index (κ2) is 2.24. The summed E-state index contributed by atoms with van der Waals surface area (Å²) >= 11 is 5.88. The van der Waals surface area contributed by atoms with Gasteiger partial charge in [0.05, 0.1) is 11.2 Å². The van der Waals surface area contributed by atoms with Gasteiger partial charge in [0.2, 0.25) is 0 Å². The Morgan fingerprint density at radius 1 is 1.45 bits per heavy atom. The summed E-state index contributed by atoms with van der Waals surface area (Å²) in [6, 6.07) is 3.83. The molecule has 3 heteroatoms. The van der Waals surface area contributed by atoms with Gasteiger partial charge in [-0.15, -0.1) is 0 Å². The van der Waals surface area contributed by atoms with Crippen molar-refractivity contribution in [3.8, 4) is 0 Å². The first kappa shape index (κ1) is 6.68. The van der Waals surface area contributed by atoms with E-state index in [1.807, 2.05) is 29.7 Å². The molecule has 2 rings (SSSR count). The van der Waals surface area contributed by atoms with E-state index < -0.39 is 0 Å². The van der Waals surface area contributed by atoms with Gasteiger partial charge in [0.15, 0.2) is 0 Å². The minimum atomic E-state index is 0.727. The van der Waals surface area contributed by atoms with Gasteiger partial charge < -0.3 is 4.40 Å².